The maximum Gasteiger partial charge on any atom is 0.306 e. The van der Waals surface area contributed by atoms with Gasteiger partial charge in [0.05, 0.1) is 0 Å². The normalized spacial score (nSPS) is 12.5. The van der Waals surface area contributed by atoms with Crippen LogP contribution in [-0.4, -0.2) is 37.2 Å². The van der Waals surface area contributed by atoms with Crippen LogP contribution in [0, 0.1) is 0 Å². The first-order valence-electron chi connectivity index (χ1n) is 25.3. The molecule has 0 aromatic rings. The van der Waals surface area contributed by atoms with Gasteiger partial charge >= 0.3 is 17.9 Å². The Morgan fingerprint density at radius 2 is 0.683 bits per heavy atom. The summed E-state index contributed by atoms with van der Waals surface area (Å²) in [7, 11) is 0. The van der Waals surface area contributed by atoms with E-state index in [1.54, 1.807) is 0 Å². The Morgan fingerprint density at radius 1 is 0.350 bits per heavy atom. The lowest BCUT2D eigenvalue weighted by Gasteiger charge is -2.18. The average molecular weight is 839 g/mol. The highest BCUT2D eigenvalue weighted by molar-refractivity contribution is 5.71. The maximum absolute atomic E-state index is 12.7. The highest BCUT2D eigenvalue weighted by Crippen LogP contribution is 2.14. The van der Waals surface area contributed by atoms with Gasteiger partial charge in [0.2, 0.25) is 0 Å². The molecule has 0 heterocycles. The molecule has 0 aromatic heterocycles. The van der Waals surface area contributed by atoms with Crippen molar-refractivity contribution in [2.75, 3.05) is 13.2 Å². The number of carbonyl (C=O) groups excluding carboxylic acids is 3. The van der Waals surface area contributed by atoms with Crippen LogP contribution in [0.15, 0.2) is 60.8 Å². The van der Waals surface area contributed by atoms with E-state index in [2.05, 4.69) is 75.5 Å². The molecule has 346 valence electrons. The van der Waals surface area contributed by atoms with Gasteiger partial charge in [-0.25, -0.2) is 0 Å². The molecular weight excluding hydrogens is 745 g/mol. The van der Waals surface area contributed by atoms with E-state index in [1.165, 1.54) is 122 Å². The first-order chi connectivity index (χ1) is 29.5. The minimum atomic E-state index is -0.807. The van der Waals surface area contributed by atoms with E-state index in [4.69, 9.17) is 14.2 Å². The van der Waals surface area contributed by atoms with Crippen LogP contribution in [0.1, 0.15) is 245 Å². The monoisotopic (exact) mass is 839 g/mol. The van der Waals surface area contributed by atoms with E-state index in [9.17, 15) is 14.4 Å². The van der Waals surface area contributed by atoms with Gasteiger partial charge in [-0.3, -0.25) is 14.4 Å². The Kier molecular flexibility index (Phi) is 46.4. The predicted molar refractivity (Wildman–Crippen MR) is 256 cm³/mol. The zero-order valence-electron chi connectivity index (χ0n) is 39.5. The number of hydrogen-bond donors (Lipinski definition) is 0. The smallest absolute Gasteiger partial charge is 0.306 e. The van der Waals surface area contributed by atoms with Crippen LogP contribution >= 0.6 is 0 Å². The molecule has 0 spiro atoms. The number of esters is 3. The standard InChI is InChI=1S/C54H94O6/c1-4-7-10-13-16-19-22-25-26-27-30-32-35-38-41-44-47-53(56)59-50-51(60-54(57)48-45-42-39-36-33-29-24-21-18-15-12-9-6-3)49-58-52(55)46-43-40-37-34-31-28-23-20-17-14-11-8-5-2/h7,10,16,19,25-26,29,33,39,42,51H,4-6,8-9,11-15,17-18,20-24,27-28,30-32,34-38,40-41,43-50H2,1-3H3/b10-7+,19-16+,26-25+,33-29+,42-39+. The second kappa shape index (κ2) is 48.8. The largest absolute Gasteiger partial charge is 0.462 e. The zero-order valence-corrected chi connectivity index (χ0v) is 39.5. The highest BCUT2D eigenvalue weighted by Gasteiger charge is 2.19. The van der Waals surface area contributed by atoms with E-state index in [1.807, 2.05) is 6.08 Å². The van der Waals surface area contributed by atoms with Crippen LogP contribution in [0.4, 0.5) is 0 Å². The quantitative estimate of drug-likeness (QED) is 0.0263. The number of rotatable bonds is 45. The summed E-state index contributed by atoms with van der Waals surface area (Å²) in [6.45, 7) is 6.46. The summed E-state index contributed by atoms with van der Waals surface area (Å²) in [6, 6.07) is 0. The summed E-state index contributed by atoms with van der Waals surface area (Å²) in [6.07, 6.45) is 59.3. The first-order valence-corrected chi connectivity index (χ1v) is 25.3. The molecule has 0 aliphatic heterocycles. The Morgan fingerprint density at radius 3 is 1.08 bits per heavy atom. The summed E-state index contributed by atoms with van der Waals surface area (Å²) < 4.78 is 16.7. The lowest BCUT2D eigenvalue weighted by molar-refractivity contribution is -0.166. The summed E-state index contributed by atoms with van der Waals surface area (Å²) in [5, 5.41) is 0. The van der Waals surface area contributed by atoms with Crippen LogP contribution in [-0.2, 0) is 28.6 Å². The van der Waals surface area contributed by atoms with Crippen molar-refractivity contribution in [2.45, 2.75) is 252 Å². The van der Waals surface area contributed by atoms with E-state index < -0.39 is 6.10 Å². The van der Waals surface area contributed by atoms with Crippen LogP contribution in [0.3, 0.4) is 0 Å². The number of hydrogen-bond acceptors (Lipinski definition) is 6. The van der Waals surface area contributed by atoms with Gasteiger partial charge in [-0.1, -0.05) is 216 Å². The van der Waals surface area contributed by atoms with Gasteiger partial charge in [0, 0.05) is 19.3 Å². The molecule has 1 atom stereocenters. The Bertz CT molecular complexity index is 1100. The summed E-state index contributed by atoms with van der Waals surface area (Å²) in [4.78, 5) is 37.9. The number of ether oxygens (including phenoxy) is 3. The molecule has 0 aliphatic carbocycles. The van der Waals surface area contributed by atoms with Crippen molar-refractivity contribution < 1.29 is 28.6 Å². The minimum Gasteiger partial charge on any atom is -0.462 e. The molecule has 0 rings (SSSR count). The van der Waals surface area contributed by atoms with Crippen molar-refractivity contribution >= 4 is 17.9 Å². The molecule has 0 radical (unpaired) electrons. The Hall–Kier alpha value is -2.89. The Labute approximate surface area is 370 Å². The second-order valence-corrected chi connectivity index (χ2v) is 16.7. The molecule has 6 nitrogen and oxygen atoms in total. The van der Waals surface area contributed by atoms with E-state index in [0.29, 0.717) is 19.3 Å². The third-order valence-corrected chi connectivity index (χ3v) is 10.8. The fraction of sp³-hybridized carbons (Fsp3) is 0.759. The van der Waals surface area contributed by atoms with Gasteiger partial charge < -0.3 is 14.2 Å². The minimum absolute atomic E-state index is 0.0991. The van der Waals surface area contributed by atoms with E-state index >= 15 is 0 Å². The molecule has 6 heteroatoms. The molecule has 0 amide bonds. The Balaban J connectivity index is 4.44. The predicted octanol–water partition coefficient (Wildman–Crippen LogP) is 16.5. The maximum atomic E-state index is 12.7. The summed E-state index contributed by atoms with van der Waals surface area (Å²) >= 11 is 0. The van der Waals surface area contributed by atoms with Crippen LogP contribution < -0.4 is 0 Å². The first kappa shape index (κ1) is 57.1. The molecule has 1 unspecified atom stereocenters. The van der Waals surface area contributed by atoms with Crippen molar-refractivity contribution in [3.8, 4) is 0 Å². The lowest BCUT2D eigenvalue weighted by Crippen LogP contribution is -2.30. The molecule has 0 fully saturated rings. The molecule has 0 aliphatic rings. The number of unbranched alkanes of at least 4 members (excludes halogenated alkanes) is 24. The van der Waals surface area contributed by atoms with Crippen molar-refractivity contribution in [3.63, 3.8) is 0 Å². The van der Waals surface area contributed by atoms with Crippen molar-refractivity contribution in [3.05, 3.63) is 60.8 Å². The van der Waals surface area contributed by atoms with Gasteiger partial charge in [0.15, 0.2) is 6.10 Å². The number of allylic oxidation sites excluding steroid dienone is 10. The molecule has 0 bridgehead atoms. The zero-order chi connectivity index (χ0) is 43.7. The van der Waals surface area contributed by atoms with E-state index in [0.717, 1.165) is 77.0 Å². The summed E-state index contributed by atoms with van der Waals surface area (Å²) in [5.41, 5.74) is 0. The fourth-order valence-corrected chi connectivity index (χ4v) is 6.98. The molecule has 0 N–H and O–H groups in total. The third kappa shape index (κ3) is 46.2. The van der Waals surface area contributed by atoms with Gasteiger partial charge in [-0.2, -0.15) is 0 Å². The topological polar surface area (TPSA) is 78.9 Å². The molecule has 0 aromatic carbocycles. The van der Waals surface area contributed by atoms with Crippen molar-refractivity contribution in [1.82, 2.24) is 0 Å². The SMILES string of the molecule is CC/C=C/C/C=C/C/C=C/CCCCCCCCC(=O)OCC(COC(=O)CCCCCCCCCCCCCCC)OC(=O)CC/C=C/C/C=C/CCCCCCCC. The van der Waals surface area contributed by atoms with Gasteiger partial charge in [-0.15, -0.1) is 0 Å². The second-order valence-electron chi connectivity index (χ2n) is 16.7. The van der Waals surface area contributed by atoms with Gasteiger partial charge in [0.25, 0.3) is 0 Å². The van der Waals surface area contributed by atoms with Crippen LogP contribution in [0.2, 0.25) is 0 Å². The van der Waals surface area contributed by atoms with Crippen LogP contribution in [0.5, 0.6) is 0 Å². The molecular formula is C54H94O6. The van der Waals surface area contributed by atoms with Gasteiger partial charge in [-0.05, 0) is 70.6 Å². The van der Waals surface area contributed by atoms with Gasteiger partial charge in [0.1, 0.15) is 13.2 Å². The van der Waals surface area contributed by atoms with Crippen molar-refractivity contribution in [2.24, 2.45) is 0 Å². The third-order valence-electron chi connectivity index (χ3n) is 10.8. The van der Waals surface area contributed by atoms with Crippen molar-refractivity contribution in [1.29, 1.82) is 0 Å². The average Bonchev–Trinajstić information content (AvgIpc) is 3.24. The lowest BCUT2D eigenvalue weighted by atomic mass is 10.0. The van der Waals surface area contributed by atoms with Crippen LogP contribution in [0.25, 0.3) is 0 Å². The molecule has 60 heavy (non-hydrogen) atoms. The van der Waals surface area contributed by atoms with E-state index in [-0.39, 0.29) is 37.5 Å². The fourth-order valence-electron chi connectivity index (χ4n) is 6.98. The molecule has 0 saturated heterocycles. The molecule has 0 saturated carbocycles. The summed E-state index contributed by atoms with van der Waals surface area (Å²) in [5.74, 6) is -0.978. The highest BCUT2D eigenvalue weighted by atomic mass is 16.6. The number of carbonyl (C=O) groups is 3.